The van der Waals surface area contributed by atoms with Gasteiger partial charge in [-0.15, -0.1) is 0 Å². The Kier molecular flexibility index (Phi) is 4.94. The molecule has 2 aliphatic rings. The zero-order valence-electron chi connectivity index (χ0n) is 15.4. The fourth-order valence-electron chi connectivity index (χ4n) is 3.62. The van der Waals surface area contributed by atoms with E-state index in [-0.39, 0.29) is 5.91 Å². The van der Waals surface area contributed by atoms with E-state index in [1.165, 1.54) is 10.6 Å². The van der Waals surface area contributed by atoms with Crippen LogP contribution in [-0.2, 0) is 10.2 Å². The highest BCUT2D eigenvalue weighted by atomic mass is 32.2. The highest BCUT2D eigenvalue weighted by molar-refractivity contribution is 7.86. The van der Waals surface area contributed by atoms with E-state index in [4.69, 9.17) is 4.42 Å². The minimum absolute atomic E-state index is 0.114. The van der Waals surface area contributed by atoms with Crippen LogP contribution in [0.4, 0.5) is 0 Å². The van der Waals surface area contributed by atoms with Gasteiger partial charge in [0, 0.05) is 57.7 Å². The predicted octanol–water partition coefficient (Wildman–Crippen LogP) is 0.683. The van der Waals surface area contributed by atoms with Crippen LogP contribution in [0.25, 0.3) is 11.0 Å². The van der Waals surface area contributed by atoms with Crippen LogP contribution in [-0.4, -0.2) is 92.1 Å². The van der Waals surface area contributed by atoms with Crippen LogP contribution in [0, 0.1) is 0 Å². The minimum atomic E-state index is -3.46. The maximum absolute atomic E-state index is 12.9. The standard InChI is InChI=1S/C18H24N4O4S/c1-19-6-10-21(11-7-19)27(24,25)22-12-8-20(9-13-22)18(23)16-14-26-17-5-3-2-4-15(16)17/h2-5,14H,6-13H2,1H3. The third-order valence-electron chi connectivity index (χ3n) is 5.35. The fraction of sp³-hybridized carbons (Fsp3) is 0.500. The molecule has 0 atom stereocenters. The van der Waals surface area contributed by atoms with Crippen LogP contribution >= 0.6 is 0 Å². The second-order valence-corrected chi connectivity index (χ2v) is 8.98. The van der Waals surface area contributed by atoms with Gasteiger partial charge in [-0.3, -0.25) is 4.79 Å². The molecule has 1 aromatic carbocycles. The molecule has 0 N–H and O–H groups in total. The molecule has 8 nitrogen and oxygen atoms in total. The normalized spacial score (nSPS) is 21.0. The molecule has 9 heteroatoms. The van der Waals surface area contributed by atoms with Crippen LogP contribution < -0.4 is 0 Å². The first kappa shape index (κ1) is 18.4. The third-order valence-corrected chi connectivity index (χ3v) is 7.39. The zero-order chi connectivity index (χ0) is 19.0. The molecule has 2 saturated heterocycles. The first-order chi connectivity index (χ1) is 13.0. The van der Waals surface area contributed by atoms with Gasteiger partial charge in [0.2, 0.25) is 0 Å². The Hall–Kier alpha value is -1.94. The molecule has 3 heterocycles. The van der Waals surface area contributed by atoms with Gasteiger partial charge in [0.05, 0.1) is 5.56 Å². The van der Waals surface area contributed by atoms with Crippen molar-refractivity contribution >= 4 is 27.1 Å². The Bertz CT molecular complexity index is 926. The van der Waals surface area contributed by atoms with Crippen LogP contribution in [0.2, 0.25) is 0 Å². The highest BCUT2D eigenvalue weighted by Crippen LogP contribution is 2.23. The van der Waals surface area contributed by atoms with Gasteiger partial charge in [-0.1, -0.05) is 18.2 Å². The van der Waals surface area contributed by atoms with Crippen molar-refractivity contribution in [1.82, 2.24) is 18.4 Å². The Morgan fingerprint density at radius 3 is 2.19 bits per heavy atom. The zero-order valence-corrected chi connectivity index (χ0v) is 16.2. The summed E-state index contributed by atoms with van der Waals surface area (Å²) in [6.07, 6.45) is 1.49. The van der Waals surface area contributed by atoms with Crippen molar-refractivity contribution < 1.29 is 17.6 Å². The van der Waals surface area contributed by atoms with Crippen molar-refractivity contribution in [3.63, 3.8) is 0 Å². The molecule has 2 fully saturated rings. The summed E-state index contributed by atoms with van der Waals surface area (Å²) in [7, 11) is -1.47. The van der Waals surface area contributed by atoms with Crippen molar-refractivity contribution in [3.8, 4) is 0 Å². The molecule has 146 valence electrons. The first-order valence-electron chi connectivity index (χ1n) is 9.16. The summed E-state index contributed by atoms with van der Waals surface area (Å²) in [5.74, 6) is -0.114. The van der Waals surface area contributed by atoms with Crippen molar-refractivity contribution in [3.05, 3.63) is 36.1 Å². The lowest BCUT2D eigenvalue weighted by atomic mass is 10.1. The number of piperazine rings is 2. The lowest BCUT2D eigenvalue weighted by molar-refractivity contribution is 0.0693. The largest absolute Gasteiger partial charge is 0.463 e. The van der Waals surface area contributed by atoms with E-state index >= 15 is 0 Å². The average molecular weight is 392 g/mol. The summed E-state index contributed by atoms with van der Waals surface area (Å²) < 4.78 is 34.2. The number of carbonyl (C=O) groups excluding carboxylic acids is 1. The Balaban J connectivity index is 1.42. The van der Waals surface area contributed by atoms with Crippen molar-refractivity contribution in [2.75, 3.05) is 59.4 Å². The molecule has 0 unspecified atom stereocenters. The molecule has 4 rings (SSSR count). The molecule has 2 aromatic rings. The summed E-state index contributed by atoms with van der Waals surface area (Å²) in [6.45, 7) is 3.90. The number of furan rings is 1. The smallest absolute Gasteiger partial charge is 0.282 e. The van der Waals surface area contributed by atoms with Gasteiger partial charge >= 0.3 is 0 Å². The van der Waals surface area contributed by atoms with E-state index in [2.05, 4.69) is 4.90 Å². The van der Waals surface area contributed by atoms with Crippen molar-refractivity contribution in [2.45, 2.75) is 0 Å². The second-order valence-electron chi connectivity index (χ2n) is 7.05. The van der Waals surface area contributed by atoms with E-state index in [9.17, 15) is 13.2 Å². The molecule has 0 spiro atoms. The molecule has 0 saturated carbocycles. The van der Waals surface area contributed by atoms with Gasteiger partial charge in [-0.05, 0) is 13.1 Å². The third kappa shape index (κ3) is 3.47. The molecule has 0 aliphatic carbocycles. The Morgan fingerprint density at radius 2 is 1.52 bits per heavy atom. The average Bonchev–Trinajstić information content (AvgIpc) is 3.12. The molecule has 1 aromatic heterocycles. The number of fused-ring (bicyclic) bond motifs is 1. The Morgan fingerprint density at radius 1 is 0.926 bits per heavy atom. The molecule has 27 heavy (non-hydrogen) atoms. The molecule has 0 bridgehead atoms. The number of rotatable bonds is 3. The van der Waals surface area contributed by atoms with Gasteiger partial charge in [-0.2, -0.15) is 17.0 Å². The number of amides is 1. The number of carbonyl (C=O) groups is 1. The summed E-state index contributed by atoms with van der Waals surface area (Å²) in [6, 6.07) is 7.42. The number of para-hydroxylation sites is 1. The summed E-state index contributed by atoms with van der Waals surface area (Å²) in [5.41, 5.74) is 1.21. The molecular weight excluding hydrogens is 368 g/mol. The quantitative estimate of drug-likeness (QED) is 0.768. The maximum Gasteiger partial charge on any atom is 0.282 e. The number of likely N-dealkylation sites (N-methyl/N-ethyl adjacent to an activating group) is 1. The van der Waals surface area contributed by atoms with Gasteiger partial charge in [0.1, 0.15) is 11.8 Å². The minimum Gasteiger partial charge on any atom is -0.463 e. The van der Waals surface area contributed by atoms with Crippen molar-refractivity contribution in [1.29, 1.82) is 0 Å². The summed E-state index contributed by atoms with van der Waals surface area (Å²) in [4.78, 5) is 16.7. The van der Waals surface area contributed by atoms with E-state index in [1.807, 2.05) is 31.3 Å². The lowest BCUT2D eigenvalue weighted by Gasteiger charge is -2.39. The number of hydrogen-bond donors (Lipinski definition) is 0. The van der Waals surface area contributed by atoms with E-state index in [0.29, 0.717) is 50.4 Å². The molecule has 2 aliphatic heterocycles. The predicted molar refractivity (Wildman–Crippen MR) is 102 cm³/mol. The van der Waals surface area contributed by atoms with E-state index in [1.54, 1.807) is 9.21 Å². The highest BCUT2D eigenvalue weighted by Gasteiger charge is 2.35. The van der Waals surface area contributed by atoms with Gasteiger partial charge < -0.3 is 14.2 Å². The maximum atomic E-state index is 12.9. The van der Waals surface area contributed by atoms with E-state index in [0.717, 1.165) is 18.5 Å². The van der Waals surface area contributed by atoms with Gasteiger partial charge in [-0.25, -0.2) is 0 Å². The first-order valence-corrected chi connectivity index (χ1v) is 10.6. The van der Waals surface area contributed by atoms with Crippen molar-refractivity contribution in [2.24, 2.45) is 0 Å². The topological polar surface area (TPSA) is 77.3 Å². The number of hydrogen-bond acceptors (Lipinski definition) is 5. The number of benzene rings is 1. The van der Waals surface area contributed by atoms with E-state index < -0.39 is 10.2 Å². The monoisotopic (exact) mass is 392 g/mol. The van der Waals surface area contributed by atoms with Crippen LogP contribution in [0.1, 0.15) is 10.4 Å². The second kappa shape index (κ2) is 7.23. The summed E-state index contributed by atoms with van der Waals surface area (Å²) in [5, 5.41) is 0.787. The summed E-state index contributed by atoms with van der Waals surface area (Å²) >= 11 is 0. The number of nitrogens with zero attached hydrogens (tertiary/aromatic N) is 4. The van der Waals surface area contributed by atoms with Gasteiger partial charge in [0.25, 0.3) is 16.1 Å². The van der Waals surface area contributed by atoms with Crippen LogP contribution in [0.3, 0.4) is 0 Å². The van der Waals surface area contributed by atoms with Crippen LogP contribution in [0.15, 0.2) is 34.9 Å². The molecular formula is C18H24N4O4S. The van der Waals surface area contributed by atoms with Gasteiger partial charge in [0.15, 0.2) is 0 Å². The lowest BCUT2D eigenvalue weighted by Crippen LogP contribution is -2.57. The fourth-order valence-corrected chi connectivity index (χ4v) is 5.19. The SMILES string of the molecule is CN1CCN(S(=O)(=O)N2CCN(C(=O)c3coc4ccccc34)CC2)CC1. The Labute approximate surface area is 159 Å². The molecule has 1 amide bonds. The molecule has 0 radical (unpaired) electrons. The van der Waals surface area contributed by atoms with Crippen LogP contribution in [0.5, 0.6) is 0 Å².